The summed E-state index contributed by atoms with van der Waals surface area (Å²) in [4.78, 5) is 11.5. The zero-order valence-electron chi connectivity index (χ0n) is 7.43. The van der Waals surface area contributed by atoms with Crippen molar-refractivity contribution in [3.63, 3.8) is 0 Å². The molecule has 1 aromatic rings. The van der Waals surface area contributed by atoms with Crippen LogP contribution in [0.3, 0.4) is 0 Å². The van der Waals surface area contributed by atoms with Crippen LogP contribution in [0.25, 0.3) is 6.08 Å². The van der Waals surface area contributed by atoms with Crippen molar-refractivity contribution in [2.45, 2.75) is 0 Å². The van der Waals surface area contributed by atoms with Crippen LogP contribution in [0.2, 0.25) is 0 Å². The Labute approximate surface area is 75.4 Å². The summed E-state index contributed by atoms with van der Waals surface area (Å²) < 4.78 is 4.88. The fourth-order valence-corrected chi connectivity index (χ4v) is 0.752. The number of furan rings is 1. The smallest absolute Gasteiger partial charge is 0.401 e. The monoisotopic (exact) mass is 182 g/mol. The van der Waals surface area contributed by atoms with E-state index in [9.17, 15) is 10.1 Å². The number of hydrogen-bond acceptors (Lipinski definition) is 4. The van der Waals surface area contributed by atoms with E-state index >= 15 is 0 Å². The Morgan fingerprint density at radius 3 is 2.69 bits per heavy atom. The molecule has 0 spiro atoms. The highest BCUT2D eigenvalue weighted by Gasteiger charge is 2.09. The van der Waals surface area contributed by atoms with Crippen molar-refractivity contribution >= 4 is 12.0 Å². The highest BCUT2D eigenvalue weighted by atomic mass is 16.6. The minimum atomic E-state index is -0.562. The molecule has 5 nitrogen and oxygen atoms in total. The third kappa shape index (κ3) is 2.62. The van der Waals surface area contributed by atoms with Gasteiger partial charge in [0.05, 0.1) is 6.07 Å². The Morgan fingerprint density at radius 1 is 1.54 bits per heavy atom. The van der Waals surface area contributed by atoms with E-state index in [1.807, 2.05) is 19.0 Å². The molecule has 0 saturated carbocycles. The molecule has 0 aliphatic heterocycles. The Hall–Kier alpha value is -1.78. The summed E-state index contributed by atoms with van der Waals surface area (Å²) in [5.74, 6) is 0.235. The van der Waals surface area contributed by atoms with Crippen LogP contribution in [0.5, 0.6) is 0 Å². The summed E-state index contributed by atoms with van der Waals surface area (Å²) >= 11 is 0. The second kappa shape index (κ2) is 3.75. The summed E-state index contributed by atoms with van der Waals surface area (Å²) in [6, 6.07) is 2.88. The lowest BCUT2D eigenvalue weighted by atomic mass is 10.4. The van der Waals surface area contributed by atoms with Gasteiger partial charge in [0.15, 0.2) is 0 Å². The Kier molecular flexibility index (Phi) is 2.69. The predicted molar refractivity (Wildman–Crippen MR) is 48.1 cm³/mol. The van der Waals surface area contributed by atoms with Crippen LogP contribution in [0.15, 0.2) is 22.7 Å². The van der Waals surface area contributed by atoms with Crippen molar-refractivity contribution < 1.29 is 9.34 Å². The SMILES string of the molecule is CN(C)C=Cc1ccc([N+](=O)[O-])o1. The fourth-order valence-electron chi connectivity index (χ4n) is 0.752. The van der Waals surface area contributed by atoms with Gasteiger partial charge in [0.2, 0.25) is 0 Å². The van der Waals surface area contributed by atoms with Crippen LogP contribution in [0, 0.1) is 10.1 Å². The molecule has 0 atom stereocenters. The molecule has 0 saturated heterocycles. The molecule has 1 rings (SSSR count). The molecule has 13 heavy (non-hydrogen) atoms. The van der Waals surface area contributed by atoms with Crippen LogP contribution < -0.4 is 0 Å². The van der Waals surface area contributed by atoms with Gasteiger partial charge in [-0.3, -0.25) is 10.1 Å². The third-order valence-corrected chi connectivity index (χ3v) is 1.33. The average Bonchev–Trinajstić information content (AvgIpc) is 2.48. The summed E-state index contributed by atoms with van der Waals surface area (Å²) in [6.45, 7) is 0. The first-order valence-corrected chi connectivity index (χ1v) is 3.68. The Morgan fingerprint density at radius 2 is 2.23 bits per heavy atom. The van der Waals surface area contributed by atoms with Gasteiger partial charge in [-0.1, -0.05) is 0 Å². The lowest BCUT2D eigenvalue weighted by molar-refractivity contribution is -0.402. The topological polar surface area (TPSA) is 59.5 Å². The molecule has 0 fully saturated rings. The molecule has 1 heterocycles. The van der Waals surface area contributed by atoms with E-state index in [4.69, 9.17) is 4.42 Å². The predicted octanol–water partition coefficient (Wildman–Crippen LogP) is 1.72. The average molecular weight is 182 g/mol. The van der Waals surface area contributed by atoms with Crippen molar-refractivity contribution in [3.8, 4) is 0 Å². The second-order valence-electron chi connectivity index (χ2n) is 2.71. The van der Waals surface area contributed by atoms with Crippen molar-refractivity contribution in [2.24, 2.45) is 0 Å². The quantitative estimate of drug-likeness (QED) is 0.527. The molecule has 0 N–H and O–H groups in total. The van der Waals surface area contributed by atoms with Crippen molar-refractivity contribution in [1.29, 1.82) is 0 Å². The standard InChI is InChI=1S/C8H10N2O3/c1-9(2)6-5-7-3-4-8(13-7)10(11)12/h3-6H,1-2H3. The number of hydrogen-bond donors (Lipinski definition) is 0. The maximum absolute atomic E-state index is 10.2. The lowest BCUT2D eigenvalue weighted by Gasteiger charge is -2.00. The maximum atomic E-state index is 10.2. The van der Waals surface area contributed by atoms with Crippen LogP contribution in [0.4, 0.5) is 5.88 Å². The van der Waals surface area contributed by atoms with Gasteiger partial charge in [-0.05, 0) is 12.1 Å². The van der Waals surface area contributed by atoms with Gasteiger partial charge in [-0.15, -0.1) is 0 Å². The Bertz CT molecular complexity index is 328. The minimum absolute atomic E-state index is 0.238. The zero-order chi connectivity index (χ0) is 9.84. The molecule has 5 heteroatoms. The van der Waals surface area contributed by atoms with Gasteiger partial charge in [-0.25, -0.2) is 0 Å². The molecule has 0 bridgehead atoms. The Balaban J connectivity index is 2.75. The van der Waals surface area contributed by atoms with Crippen LogP contribution >= 0.6 is 0 Å². The van der Waals surface area contributed by atoms with Gasteiger partial charge in [-0.2, -0.15) is 0 Å². The summed E-state index contributed by atoms with van der Waals surface area (Å²) in [6.07, 6.45) is 3.41. The van der Waals surface area contributed by atoms with E-state index < -0.39 is 4.92 Å². The minimum Gasteiger partial charge on any atom is -0.401 e. The van der Waals surface area contributed by atoms with Crippen LogP contribution in [-0.2, 0) is 0 Å². The lowest BCUT2D eigenvalue weighted by Crippen LogP contribution is -1.99. The van der Waals surface area contributed by atoms with Crippen molar-refractivity contribution in [1.82, 2.24) is 4.90 Å². The van der Waals surface area contributed by atoms with Gasteiger partial charge >= 0.3 is 5.88 Å². The zero-order valence-corrected chi connectivity index (χ0v) is 7.43. The van der Waals surface area contributed by atoms with Gasteiger partial charge in [0.1, 0.15) is 10.7 Å². The summed E-state index contributed by atoms with van der Waals surface area (Å²) in [5.41, 5.74) is 0. The third-order valence-electron chi connectivity index (χ3n) is 1.33. The molecule has 0 aromatic carbocycles. The largest absolute Gasteiger partial charge is 0.433 e. The van der Waals surface area contributed by atoms with E-state index in [-0.39, 0.29) is 5.88 Å². The highest BCUT2D eigenvalue weighted by molar-refractivity contribution is 5.43. The summed E-state index contributed by atoms with van der Waals surface area (Å²) in [7, 11) is 3.71. The highest BCUT2D eigenvalue weighted by Crippen LogP contribution is 2.16. The van der Waals surface area contributed by atoms with Crippen molar-refractivity contribution in [2.75, 3.05) is 14.1 Å². The van der Waals surface area contributed by atoms with Crippen LogP contribution in [0.1, 0.15) is 5.76 Å². The summed E-state index contributed by atoms with van der Waals surface area (Å²) in [5, 5.41) is 10.2. The van der Waals surface area contributed by atoms with E-state index in [0.717, 1.165) is 0 Å². The first kappa shape index (κ1) is 9.31. The molecule has 0 amide bonds. The molecule has 0 unspecified atom stereocenters. The van der Waals surface area contributed by atoms with E-state index in [1.165, 1.54) is 6.07 Å². The van der Waals surface area contributed by atoms with Gasteiger partial charge in [0, 0.05) is 20.3 Å². The van der Waals surface area contributed by atoms with Crippen LogP contribution in [-0.4, -0.2) is 23.9 Å². The molecular formula is C8H10N2O3. The van der Waals surface area contributed by atoms with E-state index in [2.05, 4.69) is 0 Å². The van der Waals surface area contributed by atoms with E-state index in [1.54, 1.807) is 18.3 Å². The first-order chi connectivity index (χ1) is 6.09. The molecule has 0 aliphatic rings. The molecule has 1 aromatic heterocycles. The number of nitro groups is 1. The molecule has 70 valence electrons. The molecule has 0 aliphatic carbocycles. The van der Waals surface area contributed by atoms with Gasteiger partial charge < -0.3 is 9.32 Å². The second-order valence-corrected chi connectivity index (χ2v) is 2.71. The van der Waals surface area contributed by atoms with Gasteiger partial charge in [0.25, 0.3) is 0 Å². The number of nitrogens with zero attached hydrogens (tertiary/aromatic N) is 2. The maximum Gasteiger partial charge on any atom is 0.433 e. The van der Waals surface area contributed by atoms with Crippen molar-refractivity contribution in [3.05, 3.63) is 34.2 Å². The fraction of sp³-hybridized carbons (Fsp3) is 0.250. The molecule has 0 radical (unpaired) electrons. The normalized spacial score (nSPS) is 10.6. The van der Waals surface area contributed by atoms with E-state index in [0.29, 0.717) is 5.76 Å². The first-order valence-electron chi connectivity index (χ1n) is 3.68. The molecular weight excluding hydrogens is 172 g/mol. The number of rotatable bonds is 3.